The van der Waals surface area contributed by atoms with Crippen LogP contribution < -0.4 is 4.74 Å². The zero-order valence-electron chi connectivity index (χ0n) is 7.61. The summed E-state index contributed by atoms with van der Waals surface area (Å²) in [4.78, 5) is -1.09. The van der Waals surface area contributed by atoms with Crippen LogP contribution >= 0.6 is 43.5 Å². The minimum Gasteiger partial charge on any atom is -0.495 e. The quantitative estimate of drug-likeness (QED) is 0.699. The van der Waals surface area contributed by atoms with Crippen molar-refractivity contribution in [2.24, 2.45) is 0 Å². The first-order chi connectivity index (χ1) is 6.97. The maximum atomic E-state index is 12.5. The van der Waals surface area contributed by atoms with Gasteiger partial charge in [-0.3, -0.25) is 0 Å². The number of benzene rings is 1. The van der Waals surface area contributed by atoms with Crippen molar-refractivity contribution in [2.75, 3.05) is 7.11 Å². The molecule has 0 heterocycles. The van der Waals surface area contributed by atoms with Gasteiger partial charge < -0.3 is 4.74 Å². The zero-order chi connectivity index (χ0) is 11.6. The highest BCUT2D eigenvalue weighted by Gasteiger charge is 2.24. The molecule has 0 spiro atoms. The third-order valence-corrected chi connectivity index (χ3v) is 3.46. The summed E-state index contributed by atoms with van der Waals surface area (Å²) in [6, 6.07) is 3.05. The maximum Gasteiger partial charge on any atom is 0.255 e. The Bertz CT molecular complexity index is 360. The molecule has 1 nitrogen and oxygen atoms in total. The van der Waals surface area contributed by atoms with E-state index in [0.717, 1.165) is 0 Å². The molecule has 0 aliphatic rings. The van der Waals surface area contributed by atoms with Gasteiger partial charge in [-0.15, -0.1) is 0 Å². The molecule has 0 saturated heterocycles. The van der Waals surface area contributed by atoms with E-state index in [4.69, 9.17) is 16.3 Å². The van der Waals surface area contributed by atoms with Crippen LogP contribution in [0, 0.1) is 0 Å². The predicted molar refractivity (Wildman–Crippen MR) is 63.4 cm³/mol. The van der Waals surface area contributed by atoms with Gasteiger partial charge in [-0.05, 0) is 28.1 Å². The van der Waals surface area contributed by atoms with E-state index in [2.05, 4.69) is 31.9 Å². The standard InChI is InChI=1S/C9H7Br2ClF2O/c1-15-8-5(7(11)9(13)14)2-4(12)3-6(8)10/h2-3,7,9H,1H3. The van der Waals surface area contributed by atoms with E-state index >= 15 is 0 Å². The van der Waals surface area contributed by atoms with E-state index in [1.807, 2.05) is 0 Å². The molecule has 15 heavy (non-hydrogen) atoms. The summed E-state index contributed by atoms with van der Waals surface area (Å²) in [6.07, 6.45) is -2.52. The molecular weight excluding hydrogens is 357 g/mol. The molecule has 6 heteroatoms. The topological polar surface area (TPSA) is 9.23 Å². The lowest BCUT2D eigenvalue weighted by Crippen LogP contribution is -2.04. The Labute approximate surface area is 108 Å². The maximum absolute atomic E-state index is 12.5. The van der Waals surface area contributed by atoms with Gasteiger partial charge in [0.2, 0.25) is 0 Å². The first-order valence-corrected chi connectivity index (χ1v) is 6.01. The summed E-state index contributed by atoms with van der Waals surface area (Å²) >= 11 is 11.9. The average Bonchev–Trinajstić information content (AvgIpc) is 2.15. The molecular formula is C9H7Br2ClF2O. The molecule has 0 bridgehead atoms. The van der Waals surface area contributed by atoms with Crippen LogP contribution in [-0.4, -0.2) is 13.5 Å². The number of hydrogen-bond donors (Lipinski definition) is 0. The van der Waals surface area contributed by atoms with Crippen molar-refractivity contribution in [1.82, 2.24) is 0 Å². The van der Waals surface area contributed by atoms with Crippen LogP contribution in [0.25, 0.3) is 0 Å². The highest BCUT2D eigenvalue weighted by Crippen LogP contribution is 2.41. The Kier molecular flexibility index (Phi) is 4.80. The Balaban J connectivity index is 3.26. The molecule has 1 aromatic rings. The Morgan fingerprint density at radius 1 is 1.40 bits per heavy atom. The van der Waals surface area contributed by atoms with E-state index in [1.165, 1.54) is 13.2 Å². The van der Waals surface area contributed by atoms with E-state index in [0.29, 0.717) is 20.8 Å². The number of halogens is 5. The average molecular weight is 364 g/mol. The molecule has 1 rings (SSSR count). The number of ether oxygens (including phenoxy) is 1. The van der Waals surface area contributed by atoms with Gasteiger partial charge in [-0.25, -0.2) is 8.78 Å². The van der Waals surface area contributed by atoms with Gasteiger partial charge >= 0.3 is 0 Å². The SMILES string of the molecule is COc1c(Br)cc(Cl)cc1C(Br)C(F)F. The molecule has 0 aliphatic carbocycles. The van der Waals surface area contributed by atoms with Crippen molar-refractivity contribution < 1.29 is 13.5 Å². The molecule has 0 N–H and O–H groups in total. The molecule has 0 fully saturated rings. The van der Waals surface area contributed by atoms with Gasteiger partial charge in [0.05, 0.1) is 11.6 Å². The van der Waals surface area contributed by atoms with Crippen LogP contribution in [0.4, 0.5) is 8.78 Å². The largest absolute Gasteiger partial charge is 0.495 e. The van der Waals surface area contributed by atoms with Gasteiger partial charge in [0.15, 0.2) is 0 Å². The fourth-order valence-corrected chi connectivity index (χ4v) is 2.47. The number of alkyl halides is 3. The van der Waals surface area contributed by atoms with Crippen molar-refractivity contribution >= 4 is 43.5 Å². The second-order valence-corrected chi connectivity index (χ2v) is 5.02. The van der Waals surface area contributed by atoms with Crippen molar-refractivity contribution in [3.8, 4) is 5.75 Å². The number of hydrogen-bond acceptors (Lipinski definition) is 1. The van der Waals surface area contributed by atoms with Gasteiger partial charge in [0.1, 0.15) is 10.6 Å². The highest BCUT2D eigenvalue weighted by molar-refractivity contribution is 9.10. The zero-order valence-corrected chi connectivity index (χ0v) is 11.5. The van der Waals surface area contributed by atoms with E-state index in [9.17, 15) is 8.78 Å². The van der Waals surface area contributed by atoms with Gasteiger partial charge in [-0.1, -0.05) is 27.5 Å². The summed E-state index contributed by atoms with van der Waals surface area (Å²) in [5.74, 6) is 0.363. The van der Waals surface area contributed by atoms with Gasteiger partial charge in [0, 0.05) is 10.6 Å². The Hall–Kier alpha value is 0.130. The Morgan fingerprint density at radius 3 is 2.47 bits per heavy atom. The minimum atomic E-state index is -2.52. The smallest absolute Gasteiger partial charge is 0.255 e. The minimum absolute atomic E-state index is 0.326. The van der Waals surface area contributed by atoms with Crippen LogP contribution in [0.2, 0.25) is 5.02 Å². The van der Waals surface area contributed by atoms with E-state index in [-0.39, 0.29) is 0 Å². The lowest BCUT2D eigenvalue weighted by molar-refractivity contribution is 0.146. The second-order valence-electron chi connectivity index (χ2n) is 2.75. The fourth-order valence-electron chi connectivity index (χ4n) is 1.14. The van der Waals surface area contributed by atoms with Crippen molar-refractivity contribution in [1.29, 1.82) is 0 Å². The van der Waals surface area contributed by atoms with Crippen LogP contribution in [0.5, 0.6) is 5.75 Å². The first kappa shape index (κ1) is 13.2. The van der Waals surface area contributed by atoms with Crippen LogP contribution in [-0.2, 0) is 0 Å². The summed E-state index contributed by atoms with van der Waals surface area (Å²) in [5.41, 5.74) is 0.326. The molecule has 0 amide bonds. The van der Waals surface area contributed by atoms with Crippen molar-refractivity contribution in [3.63, 3.8) is 0 Å². The van der Waals surface area contributed by atoms with E-state index in [1.54, 1.807) is 6.07 Å². The van der Waals surface area contributed by atoms with Gasteiger partial charge in [0.25, 0.3) is 6.43 Å². The van der Waals surface area contributed by atoms with Crippen molar-refractivity contribution in [3.05, 3.63) is 27.2 Å². The number of methoxy groups -OCH3 is 1. The third-order valence-electron chi connectivity index (χ3n) is 1.76. The summed E-state index contributed by atoms with van der Waals surface area (Å²) in [6.45, 7) is 0. The summed E-state index contributed by atoms with van der Waals surface area (Å²) < 4.78 is 30.7. The fraction of sp³-hybridized carbons (Fsp3) is 0.333. The molecule has 1 aromatic carbocycles. The predicted octanol–water partition coefficient (Wildman–Crippen LogP) is 4.81. The van der Waals surface area contributed by atoms with Crippen molar-refractivity contribution in [2.45, 2.75) is 11.3 Å². The second kappa shape index (κ2) is 5.46. The van der Waals surface area contributed by atoms with E-state index < -0.39 is 11.3 Å². The summed E-state index contributed by atoms with van der Waals surface area (Å²) in [7, 11) is 1.42. The number of rotatable bonds is 3. The molecule has 0 saturated carbocycles. The van der Waals surface area contributed by atoms with Crippen LogP contribution in [0.3, 0.4) is 0 Å². The Morgan fingerprint density at radius 2 is 2.00 bits per heavy atom. The summed E-state index contributed by atoms with van der Waals surface area (Å²) in [5, 5.41) is 0.378. The molecule has 1 atom stereocenters. The van der Waals surface area contributed by atoms with Gasteiger partial charge in [-0.2, -0.15) is 0 Å². The molecule has 1 unspecified atom stereocenters. The molecule has 0 aromatic heterocycles. The molecule has 0 aliphatic heterocycles. The first-order valence-electron chi connectivity index (χ1n) is 3.92. The lowest BCUT2D eigenvalue weighted by atomic mass is 10.1. The molecule has 84 valence electrons. The van der Waals surface area contributed by atoms with Crippen LogP contribution in [0.15, 0.2) is 16.6 Å². The molecule has 0 radical (unpaired) electrons. The van der Waals surface area contributed by atoms with Crippen LogP contribution in [0.1, 0.15) is 10.4 Å². The third kappa shape index (κ3) is 3.04. The monoisotopic (exact) mass is 362 g/mol. The normalized spacial score (nSPS) is 13.0. The lowest BCUT2D eigenvalue weighted by Gasteiger charge is -2.15. The highest BCUT2D eigenvalue weighted by atomic mass is 79.9.